The van der Waals surface area contributed by atoms with Crippen molar-refractivity contribution in [1.82, 2.24) is 0 Å². The lowest BCUT2D eigenvalue weighted by Crippen LogP contribution is -2.20. The molecule has 0 atom stereocenters. The lowest BCUT2D eigenvalue weighted by Gasteiger charge is -2.14. The molecule has 1 aromatic carbocycles. The molecule has 0 heterocycles. The van der Waals surface area contributed by atoms with Crippen LogP contribution in [0.15, 0.2) is 12.1 Å². The highest BCUT2D eigenvalue weighted by atomic mass is 19.4. The van der Waals surface area contributed by atoms with Gasteiger partial charge in [0.05, 0.1) is 11.6 Å². The van der Waals surface area contributed by atoms with Crippen molar-refractivity contribution in [3.63, 3.8) is 0 Å². The minimum Gasteiger partial charge on any atom is -0.478 e. The number of rotatable bonds is 3. The molecular weight excluding hydrogens is 251 g/mol. The van der Waals surface area contributed by atoms with Gasteiger partial charge in [0, 0.05) is 0 Å². The number of benzene rings is 1. The van der Waals surface area contributed by atoms with Gasteiger partial charge in [0.25, 0.3) is 0 Å². The standard InChI is InChI=1S/C11H8F3NO3/c1-2-7-3-6(5-15)4-8(9(7)10(16)17)18-11(12,13)14/h3-4H,2H2,1H3,(H,16,17). The van der Waals surface area contributed by atoms with Crippen molar-refractivity contribution < 1.29 is 27.8 Å². The van der Waals surface area contributed by atoms with Gasteiger partial charge in [-0.25, -0.2) is 4.79 Å². The Morgan fingerprint density at radius 3 is 2.50 bits per heavy atom. The molecule has 0 aromatic heterocycles. The van der Waals surface area contributed by atoms with Crippen LogP contribution < -0.4 is 4.74 Å². The van der Waals surface area contributed by atoms with E-state index in [1.165, 1.54) is 6.07 Å². The van der Waals surface area contributed by atoms with E-state index in [-0.39, 0.29) is 17.5 Å². The van der Waals surface area contributed by atoms with Crippen molar-refractivity contribution in [2.24, 2.45) is 0 Å². The summed E-state index contributed by atoms with van der Waals surface area (Å²) in [7, 11) is 0. The minimum atomic E-state index is -5.01. The summed E-state index contributed by atoms with van der Waals surface area (Å²) >= 11 is 0. The lowest BCUT2D eigenvalue weighted by atomic mass is 10.0. The molecule has 4 nitrogen and oxygen atoms in total. The van der Waals surface area contributed by atoms with Crippen LogP contribution in [0.25, 0.3) is 0 Å². The van der Waals surface area contributed by atoms with Crippen LogP contribution in [0.4, 0.5) is 13.2 Å². The van der Waals surface area contributed by atoms with E-state index in [0.29, 0.717) is 0 Å². The van der Waals surface area contributed by atoms with E-state index in [9.17, 15) is 18.0 Å². The van der Waals surface area contributed by atoms with Crippen LogP contribution in [0.5, 0.6) is 5.75 Å². The van der Waals surface area contributed by atoms with Gasteiger partial charge in [0.1, 0.15) is 11.3 Å². The van der Waals surface area contributed by atoms with Gasteiger partial charge in [0.2, 0.25) is 0 Å². The molecule has 1 aromatic rings. The van der Waals surface area contributed by atoms with Gasteiger partial charge in [-0.05, 0) is 24.1 Å². The number of carboxylic acids is 1. The van der Waals surface area contributed by atoms with Crippen molar-refractivity contribution in [3.05, 3.63) is 28.8 Å². The van der Waals surface area contributed by atoms with Gasteiger partial charge < -0.3 is 9.84 Å². The smallest absolute Gasteiger partial charge is 0.478 e. The molecule has 0 aliphatic carbocycles. The zero-order valence-corrected chi connectivity index (χ0v) is 9.21. The Balaban J connectivity index is 3.45. The summed E-state index contributed by atoms with van der Waals surface area (Å²) in [5.41, 5.74) is -0.550. The molecule has 0 bridgehead atoms. The summed E-state index contributed by atoms with van der Waals surface area (Å²) < 4.78 is 40.1. The molecule has 1 N–H and O–H groups in total. The molecule has 0 radical (unpaired) electrons. The minimum absolute atomic E-state index is 0.0869. The van der Waals surface area contributed by atoms with Crippen LogP contribution in [0.2, 0.25) is 0 Å². The third kappa shape index (κ3) is 3.13. The fourth-order valence-corrected chi connectivity index (χ4v) is 1.46. The molecular formula is C11H8F3NO3. The summed E-state index contributed by atoms with van der Waals surface area (Å²) in [6, 6.07) is 3.64. The molecule has 0 aliphatic heterocycles. The Morgan fingerprint density at radius 1 is 1.50 bits per heavy atom. The van der Waals surface area contributed by atoms with Crippen molar-refractivity contribution in [2.45, 2.75) is 19.7 Å². The number of nitriles is 1. The van der Waals surface area contributed by atoms with Gasteiger partial charge in [-0.3, -0.25) is 0 Å². The predicted molar refractivity (Wildman–Crippen MR) is 54.2 cm³/mol. The second-order valence-electron chi connectivity index (χ2n) is 3.33. The normalized spacial score (nSPS) is 10.8. The molecule has 0 fully saturated rings. The number of aromatic carboxylic acids is 1. The third-order valence-corrected chi connectivity index (χ3v) is 2.13. The van der Waals surface area contributed by atoms with Crippen LogP contribution in [0.1, 0.15) is 28.4 Å². The van der Waals surface area contributed by atoms with E-state index in [0.717, 1.165) is 6.07 Å². The van der Waals surface area contributed by atoms with Gasteiger partial charge in [0.15, 0.2) is 0 Å². The number of nitrogens with zero attached hydrogens (tertiary/aromatic N) is 1. The largest absolute Gasteiger partial charge is 0.573 e. The Labute approximate surface area is 100 Å². The first-order valence-electron chi connectivity index (χ1n) is 4.84. The van der Waals surface area contributed by atoms with E-state index in [1.54, 1.807) is 13.0 Å². The number of hydrogen-bond donors (Lipinski definition) is 1. The number of carbonyl (C=O) groups is 1. The van der Waals surface area contributed by atoms with Gasteiger partial charge in [-0.1, -0.05) is 6.92 Å². The maximum atomic E-state index is 12.2. The van der Waals surface area contributed by atoms with E-state index >= 15 is 0 Å². The highest BCUT2D eigenvalue weighted by Gasteiger charge is 2.34. The molecule has 96 valence electrons. The summed E-state index contributed by atoms with van der Waals surface area (Å²) in [5.74, 6) is -2.40. The lowest BCUT2D eigenvalue weighted by molar-refractivity contribution is -0.274. The van der Waals surface area contributed by atoms with Crippen LogP contribution in [-0.4, -0.2) is 17.4 Å². The molecule has 0 aliphatic rings. The molecule has 0 saturated carbocycles. The Hall–Kier alpha value is -2.23. The topological polar surface area (TPSA) is 70.3 Å². The maximum absolute atomic E-state index is 12.2. The summed E-state index contributed by atoms with van der Waals surface area (Å²) in [4.78, 5) is 11.0. The Kier molecular flexibility index (Phi) is 3.81. The molecule has 0 saturated heterocycles. The van der Waals surface area contributed by atoms with E-state index in [4.69, 9.17) is 10.4 Å². The fourth-order valence-electron chi connectivity index (χ4n) is 1.46. The Bertz CT molecular complexity index is 517. The second kappa shape index (κ2) is 4.96. The predicted octanol–water partition coefficient (Wildman–Crippen LogP) is 2.72. The summed E-state index contributed by atoms with van der Waals surface area (Å²) in [6.07, 6.45) is -4.84. The van der Waals surface area contributed by atoms with E-state index in [2.05, 4.69) is 4.74 Å². The van der Waals surface area contributed by atoms with E-state index in [1.807, 2.05) is 0 Å². The fraction of sp³-hybridized carbons (Fsp3) is 0.273. The summed E-state index contributed by atoms with van der Waals surface area (Å²) in [5, 5.41) is 17.6. The van der Waals surface area contributed by atoms with Gasteiger partial charge in [-0.15, -0.1) is 13.2 Å². The average Bonchev–Trinajstić information content (AvgIpc) is 2.25. The van der Waals surface area contributed by atoms with Crippen LogP contribution in [0, 0.1) is 11.3 Å². The first kappa shape index (κ1) is 13.8. The molecule has 0 amide bonds. The highest BCUT2D eigenvalue weighted by Crippen LogP contribution is 2.30. The Morgan fingerprint density at radius 2 is 2.11 bits per heavy atom. The van der Waals surface area contributed by atoms with Crippen LogP contribution >= 0.6 is 0 Å². The molecule has 18 heavy (non-hydrogen) atoms. The zero-order chi connectivity index (χ0) is 13.9. The SMILES string of the molecule is CCc1cc(C#N)cc(OC(F)(F)F)c1C(=O)O. The number of hydrogen-bond acceptors (Lipinski definition) is 3. The highest BCUT2D eigenvalue weighted by molar-refractivity contribution is 5.93. The quantitative estimate of drug-likeness (QED) is 0.905. The van der Waals surface area contributed by atoms with Crippen molar-refractivity contribution in [2.75, 3.05) is 0 Å². The van der Waals surface area contributed by atoms with Crippen LogP contribution in [0.3, 0.4) is 0 Å². The number of ether oxygens (including phenoxy) is 1. The number of alkyl halides is 3. The second-order valence-corrected chi connectivity index (χ2v) is 3.33. The third-order valence-electron chi connectivity index (χ3n) is 2.13. The number of carboxylic acid groups (broad SMARTS) is 1. The molecule has 0 unspecified atom stereocenters. The van der Waals surface area contributed by atoms with Gasteiger partial charge in [-0.2, -0.15) is 5.26 Å². The molecule has 0 spiro atoms. The summed E-state index contributed by atoms with van der Waals surface area (Å²) in [6.45, 7) is 1.57. The van der Waals surface area contributed by atoms with Gasteiger partial charge >= 0.3 is 12.3 Å². The van der Waals surface area contributed by atoms with Crippen molar-refractivity contribution in [1.29, 1.82) is 5.26 Å². The van der Waals surface area contributed by atoms with Crippen LogP contribution in [-0.2, 0) is 6.42 Å². The number of halogens is 3. The molecule has 7 heteroatoms. The zero-order valence-electron chi connectivity index (χ0n) is 9.21. The average molecular weight is 259 g/mol. The van der Waals surface area contributed by atoms with E-state index < -0.39 is 23.6 Å². The first-order valence-corrected chi connectivity index (χ1v) is 4.84. The first-order chi connectivity index (χ1) is 8.28. The maximum Gasteiger partial charge on any atom is 0.573 e. The molecule has 1 rings (SSSR count). The monoisotopic (exact) mass is 259 g/mol. The number of aryl methyl sites for hydroxylation is 1. The van der Waals surface area contributed by atoms with Crippen molar-refractivity contribution >= 4 is 5.97 Å². The van der Waals surface area contributed by atoms with Crippen molar-refractivity contribution in [3.8, 4) is 11.8 Å².